The van der Waals surface area contributed by atoms with Crippen LogP contribution in [-0.4, -0.2) is 0 Å². The summed E-state index contributed by atoms with van der Waals surface area (Å²) < 4.78 is 0. The van der Waals surface area contributed by atoms with E-state index in [0.29, 0.717) is 11.8 Å². The predicted octanol–water partition coefficient (Wildman–Crippen LogP) is 6.73. The van der Waals surface area contributed by atoms with Gasteiger partial charge in [0.2, 0.25) is 0 Å². The van der Waals surface area contributed by atoms with Crippen molar-refractivity contribution in [2.75, 3.05) is 0 Å². The van der Waals surface area contributed by atoms with Gasteiger partial charge in [0, 0.05) is 22.3 Å². The van der Waals surface area contributed by atoms with Crippen LogP contribution in [0.15, 0.2) is 72.8 Å². The fourth-order valence-corrected chi connectivity index (χ4v) is 3.14. The van der Waals surface area contributed by atoms with Crippen LogP contribution in [0.25, 0.3) is 0 Å². The lowest BCUT2D eigenvalue weighted by atomic mass is 9.97. The minimum Gasteiger partial charge on any atom is -0.0619 e. The van der Waals surface area contributed by atoms with Crippen LogP contribution < -0.4 is 0 Å². The summed E-state index contributed by atoms with van der Waals surface area (Å²) in [6, 6.07) is 24.9. The highest BCUT2D eigenvalue weighted by Gasteiger charge is 2.03. The normalized spacial score (nSPS) is 10.2. The molecule has 0 fully saturated rings. The highest BCUT2D eigenvalue weighted by molar-refractivity contribution is 5.51. The van der Waals surface area contributed by atoms with Gasteiger partial charge in [-0.05, 0) is 59.4 Å². The van der Waals surface area contributed by atoms with Gasteiger partial charge in [-0.3, -0.25) is 0 Å². The zero-order valence-corrected chi connectivity index (χ0v) is 17.1. The van der Waals surface area contributed by atoms with Crippen LogP contribution in [0.3, 0.4) is 0 Å². The Hall–Kier alpha value is -3.22. The highest BCUT2D eigenvalue weighted by atomic mass is 14.1. The summed E-state index contributed by atoms with van der Waals surface area (Å²) in [6.45, 7) is 8.80. The van der Waals surface area contributed by atoms with Crippen LogP contribution in [0.1, 0.15) is 72.9 Å². The molecule has 0 radical (unpaired) electrons. The molecule has 3 rings (SSSR count). The van der Waals surface area contributed by atoms with Gasteiger partial charge in [0.15, 0.2) is 0 Å². The van der Waals surface area contributed by atoms with E-state index in [2.05, 4.69) is 87.8 Å². The molecule has 138 valence electrons. The van der Waals surface area contributed by atoms with Crippen molar-refractivity contribution in [1.29, 1.82) is 0 Å². The molecule has 0 atom stereocenters. The molecule has 28 heavy (non-hydrogen) atoms. The summed E-state index contributed by atoms with van der Waals surface area (Å²) in [5.41, 5.74) is 6.80. The van der Waals surface area contributed by atoms with Crippen molar-refractivity contribution < 1.29 is 0 Å². The maximum Gasteiger partial charge on any atom is 0.0283 e. The van der Waals surface area contributed by atoms with Crippen LogP contribution in [0.4, 0.5) is 0 Å². The molecule has 0 saturated carbocycles. The lowest BCUT2D eigenvalue weighted by Gasteiger charge is -2.07. The molecule has 3 aromatic rings. The molecule has 0 aromatic heterocycles. The number of hydrogen-bond donors (Lipinski definition) is 0. The third kappa shape index (κ3) is 4.94. The molecule has 0 aliphatic rings. The molecule has 0 heterocycles. The van der Waals surface area contributed by atoms with E-state index in [-0.39, 0.29) is 0 Å². The zero-order chi connectivity index (χ0) is 19.9. The largest absolute Gasteiger partial charge is 0.0619 e. The number of rotatable bonds is 2. The van der Waals surface area contributed by atoms with E-state index < -0.39 is 0 Å². The van der Waals surface area contributed by atoms with Crippen molar-refractivity contribution in [3.63, 3.8) is 0 Å². The summed E-state index contributed by atoms with van der Waals surface area (Å²) in [6.07, 6.45) is 0. The molecule has 0 N–H and O–H groups in total. The van der Waals surface area contributed by atoms with Crippen LogP contribution in [0.5, 0.6) is 0 Å². The SMILES string of the molecule is CC(C)c1ccccc1C#Cc1ccc(C#Cc2ccccc2C(C)C)cc1. The molecule has 0 aliphatic heterocycles. The average Bonchev–Trinajstić information content (AvgIpc) is 2.71. The zero-order valence-electron chi connectivity index (χ0n) is 17.1. The van der Waals surface area contributed by atoms with Gasteiger partial charge in [-0.15, -0.1) is 0 Å². The fourth-order valence-electron chi connectivity index (χ4n) is 3.14. The third-order valence-corrected chi connectivity index (χ3v) is 4.73. The smallest absolute Gasteiger partial charge is 0.0283 e. The Morgan fingerprint density at radius 1 is 0.464 bits per heavy atom. The number of benzene rings is 3. The molecule has 0 bridgehead atoms. The van der Waals surface area contributed by atoms with Gasteiger partial charge < -0.3 is 0 Å². The van der Waals surface area contributed by atoms with Crippen LogP contribution in [0.2, 0.25) is 0 Å². The Bertz CT molecular complexity index is 970. The minimum absolute atomic E-state index is 0.469. The second-order valence-corrected chi connectivity index (χ2v) is 7.56. The van der Waals surface area contributed by atoms with Crippen molar-refractivity contribution in [2.24, 2.45) is 0 Å². The summed E-state index contributed by atoms with van der Waals surface area (Å²) in [7, 11) is 0. The van der Waals surface area contributed by atoms with E-state index >= 15 is 0 Å². The van der Waals surface area contributed by atoms with Crippen molar-refractivity contribution in [1.82, 2.24) is 0 Å². The maximum atomic E-state index is 3.32. The van der Waals surface area contributed by atoms with E-state index in [9.17, 15) is 0 Å². The van der Waals surface area contributed by atoms with Gasteiger partial charge in [-0.2, -0.15) is 0 Å². The van der Waals surface area contributed by atoms with Crippen molar-refractivity contribution in [3.05, 3.63) is 106 Å². The maximum absolute atomic E-state index is 3.32. The van der Waals surface area contributed by atoms with E-state index in [4.69, 9.17) is 0 Å². The van der Waals surface area contributed by atoms with Crippen LogP contribution in [0, 0.1) is 23.7 Å². The van der Waals surface area contributed by atoms with Gasteiger partial charge in [0.25, 0.3) is 0 Å². The molecular formula is C28H26. The second-order valence-electron chi connectivity index (χ2n) is 7.56. The van der Waals surface area contributed by atoms with Gasteiger partial charge in [-0.25, -0.2) is 0 Å². The van der Waals surface area contributed by atoms with Gasteiger partial charge >= 0.3 is 0 Å². The van der Waals surface area contributed by atoms with Crippen LogP contribution in [-0.2, 0) is 0 Å². The van der Waals surface area contributed by atoms with Gasteiger partial charge in [0.05, 0.1) is 0 Å². The molecule has 3 aromatic carbocycles. The Kier molecular flexibility index (Phi) is 6.37. The average molecular weight is 363 g/mol. The Morgan fingerprint density at radius 3 is 1.18 bits per heavy atom. The Balaban J connectivity index is 1.80. The highest BCUT2D eigenvalue weighted by Crippen LogP contribution is 2.19. The van der Waals surface area contributed by atoms with Crippen molar-refractivity contribution >= 4 is 0 Å². The lowest BCUT2D eigenvalue weighted by molar-refractivity contribution is 0.863. The quantitative estimate of drug-likeness (QED) is 0.443. The Morgan fingerprint density at radius 2 is 0.821 bits per heavy atom. The van der Waals surface area contributed by atoms with Crippen molar-refractivity contribution in [2.45, 2.75) is 39.5 Å². The summed E-state index contributed by atoms with van der Waals surface area (Å²) in [5.74, 6) is 14.1. The predicted molar refractivity (Wildman–Crippen MR) is 119 cm³/mol. The van der Waals surface area contributed by atoms with Crippen LogP contribution >= 0.6 is 0 Å². The molecule has 0 unspecified atom stereocenters. The second kappa shape index (κ2) is 9.12. The first-order valence-electron chi connectivity index (χ1n) is 9.86. The lowest BCUT2D eigenvalue weighted by Crippen LogP contribution is -1.92. The summed E-state index contributed by atoms with van der Waals surface area (Å²) >= 11 is 0. The van der Waals surface area contributed by atoms with Gasteiger partial charge in [0.1, 0.15) is 0 Å². The molecule has 0 heteroatoms. The molecule has 0 spiro atoms. The van der Waals surface area contributed by atoms with E-state index in [1.165, 1.54) is 11.1 Å². The summed E-state index contributed by atoms with van der Waals surface area (Å²) in [4.78, 5) is 0. The van der Waals surface area contributed by atoms with E-state index in [1.54, 1.807) is 0 Å². The minimum atomic E-state index is 0.469. The standard InChI is InChI=1S/C28H26/c1-21(2)27-11-7-5-9-25(27)19-17-23-13-15-24(16-14-23)18-20-26-10-6-8-12-28(26)22(3)4/h5-16,21-22H,1-4H3. The summed E-state index contributed by atoms with van der Waals surface area (Å²) in [5, 5.41) is 0. The van der Waals surface area contributed by atoms with E-state index in [1.807, 2.05) is 36.4 Å². The van der Waals surface area contributed by atoms with E-state index in [0.717, 1.165) is 22.3 Å². The van der Waals surface area contributed by atoms with Crippen molar-refractivity contribution in [3.8, 4) is 23.7 Å². The third-order valence-electron chi connectivity index (χ3n) is 4.73. The topological polar surface area (TPSA) is 0 Å². The molecular weight excluding hydrogens is 336 g/mol. The molecule has 0 aliphatic carbocycles. The molecule has 0 amide bonds. The Labute approximate surface area is 169 Å². The molecule has 0 nitrogen and oxygen atoms in total. The first-order valence-corrected chi connectivity index (χ1v) is 9.86. The van der Waals surface area contributed by atoms with Gasteiger partial charge in [-0.1, -0.05) is 87.8 Å². The molecule has 0 saturated heterocycles. The fraction of sp³-hybridized carbons (Fsp3) is 0.214. The first kappa shape index (κ1) is 19.5. The first-order chi connectivity index (χ1) is 13.5. The monoisotopic (exact) mass is 362 g/mol. The number of hydrogen-bond acceptors (Lipinski definition) is 0.